The van der Waals surface area contributed by atoms with Gasteiger partial charge in [-0.25, -0.2) is 0 Å². The zero-order chi connectivity index (χ0) is 10.8. The van der Waals surface area contributed by atoms with Crippen molar-refractivity contribution in [1.82, 2.24) is 10.2 Å². The Bertz CT molecular complexity index is 483. The molecule has 3 N–H and O–H groups in total. The van der Waals surface area contributed by atoms with E-state index in [4.69, 9.17) is 21.8 Å². The second kappa shape index (κ2) is 3.78. The van der Waals surface area contributed by atoms with Gasteiger partial charge in [0.1, 0.15) is 0 Å². The fraction of sp³-hybridized carbons (Fsp3) is 0.111. The van der Waals surface area contributed by atoms with Crippen LogP contribution in [0, 0.1) is 6.92 Å². The minimum Gasteiger partial charge on any atom is -0.389 e. The second-order valence-corrected chi connectivity index (χ2v) is 3.46. The van der Waals surface area contributed by atoms with Gasteiger partial charge in [0, 0.05) is 0 Å². The van der Waals surface area contributed by atoms with Crippen molar-refractivity contribution in [3.8, 4) is 0 Å². The molecule has 0 atom stereocenters. The Morgan fingerprint density at radius 3 is 2.87 bits per heavy atom. The highest BCUT2D eigenvalue weighted by molar-refractivity contribution is 6.33. The number of nitrogens with two attached hydrogens (primary N) is 1. The van der Waals surface area contributed by atoms with Gasteiger partial charge in [-0.2, -0.15) is 0 Å². The lowest BCUT2D eigenvalue weighted by Crippen LogP contribution is -1.92. The summed E-state index contributed by atoms with van der Waals surface area (Å²) in [6, 6.07) is 5.82. The van der Waals surface area contributed by atoms with Gasteiger partial charge in [0.2, 0.25) is 0 Å². The van der Waals surface area contributed by atoms with Crippen molar-refractivity contribution < 1.29 is 4.42 Å². The number of nitrogens with zero attached hydrogens (tertiary/aromatic N) is 2. The van der Waals surface area contributed by atoms with E-state index in [1.165, 1.54) is 0 Å². The van der Waals surface area contributed by atoms with Crippen molar-refractivity contribution in [2.75, 3.05) is 11.1 Å². The number of aryl methyl sites for hydroxylation is 1. The van der Waals surface area contributed by atoms with E-state index in [0.717, 1.165) is 5.56 Å². The third kappa shape index (κ3) is 2.19. The number of aromatic nitrogens is 2. The summed E-state index contributed by atoms with van der Waals surface area (Å²) >= 11 is 5.97. The minimum atomic E-state index is 0.0151. The molecule has 2 rings (SSSR count). The normalized spacial score (nSPS) is 10.3. The van der Waals surface area contributed by atoms with Gasteiger partial charge in [-0.1, -0.05) is 27.9 Å². The highest BCUT2D eigenvalue weighted by Gasteiger charge is 2.05. The van der Waals surface area contributed by atoms with E-state index < -0.39 is 0 Å². The van der Waals surface area contributed by atoms with Crippen LogP contribution in [0.15, 0.2) is 22.6 Å². The van der Waals surface area contributed by atoms with Crippen LogP contribution in [-0.2, 0) is 0 Å². The fourth-order valence-electron chi connectivity index (χ4n) is 1.14. The van der Waals surface area contributed by atoms with Crippen molar-refractivity contribution in [2.45, 2.75) is 6.92 Å². The number of hydrogen-bond acceptors (Lipinski definition) is 5. The van der Waals surface area contributed by atoms with Crippen LogP contribution in [0.4, 0.5) is 17.7 Å². The van der Waals surface area contributed by atoms with E-state index in [2.05, 4.69) is 15.5 Å². The smallest absolute Gasteiger partial charge is 0.321 e. The summed E-state index contributed by atoms with van der Waals surface area (Å²) in [7, 11) is 0. The molecule has 0 aliphatic rings. The quantitative estimate of drug-likeness (QED) is 0.819. The molecule has 0 aliphatic heterocycles. The van der Waals surface area contributed by atoms with Crippen LogP contribution in [0.1, 0.15) is 5.56 Å². The maximum atomic E-state index is 5.97. The van der Waals surface area contributed by atoms with Gasteiger partial charge in [0.25, 0.3) is 0 Å². The largest absolute Gasteiger partial charge is 0.389 e. The Morgan fingerprint density at radius 1 is 1.40 bits per heavy atom. The van der Waals surface area contributed by atoms with Crippen LogP contribution in [0.2, 0.25) is 5.02 Å². The molecule has 0 fully saturated rings. The minimum absolute atomic E-state index is 0.0151. The molecular weight excluding hydrogens is 216 g/mol. The molecule has 0 amide bonds. The number of anilines is 3. The average molecular weight is 225 g/mol. The predicted molar refractivity (Wildman–Crippen MR) is 58.2 cm³/mol. The Morgan fingerprint density at radius 2 is 2.20 bits per heavy atom. The van der Waals surface area contributed by atoms with Crippen molar-refractivity contribution in [3.63, 3.8) is 0 Å². The molecule has 0 saturated carbocycles. The lowest BCUT2D eigenvalue weighted by molar-refractivity contribution is 0.593. The molecule has 0 saturated heterocycles. The molecule has 0 aliphatic carbocycles. The first-order valence-electron chi connectivity index (χ1n) is 4.27. The monoisotopic (exact) mass is 224 g/mol. The fourth-order valence-corrected chi connectivity index (χ4v) is 1.30. The Labute approximate surface area is 91.2 Å². The number of nitrogen functional groups attached to an aromatic ring is 1. The lowest BCUT2D eigenvalue weighted by atomic mass is 10.2. The summed E-state index contributed by atoms with van der Waals surface area (Å²) in [4.78, 5) is 0. The zero-order valence-corrected chi connectivity index (χ0v) is 8.75. The first-order valence-corrected chi connectivity index (χ1v) is 4.65. The first-order chi connectivity index (χ1) is 7.15. The van der Waals surface area contributed by atoms with E-state index in [0.29, 0.717) is 10.7 Å². The maximum Gasteiger partial charge on any atom is 0.321 e. The Kier molecular flexibility index (Phi) is 2.47. The van der Waals surface area contributed by atoms with Crippen LogP contribution < -0.4 is 11.1 Å². The van der Waals surface area contributed by atoms with E-state index in [1.54, 1.807) is 6.07 Å². The summed E-state index contributed by atoms with van der Waals surface area (Å²) in [6.45, 7) is 1.96. The number of benzene rings is 1. The van der Waals surface area contributed by atoms with Gasteiger partial charge in [0.05, 0.1) is 10.7 Å². The molecule has 78 valence electrons. The molecule has 6 heteroatoms. The number of nitrogens with one attached hydrogen (secondary N) is 1. The molecule has 1 aromatic heterocycles. The van der Waals surface area contributed by atoms with Gasteiger partial charge in [0.15, 0.2) is 0 Å². The molecule has 0 radical (unpaired) electrons. The molecule has 15 heavy (non-hydrogen) atoms. The van der Waals surface area contributed by atoms with E-state index in [1.807, 2.05) is 19.1 Å². The topological polar surface area (TPSA) is 77.0 Å². The standard InChI is InChI=1S/C9H9ClN4O/c1-5-2-3-6(10)7(4-5)12-9-14-13-8(11)15-9/h2-4H,1H3,(H2,11,13)(H,12,14). The van der Waals surface area contributed by atoms with Crippen molar-refractivity contribution >= 4 is 29.3 Å². The average Bonchev–Trinajstić information content (AvgIpc) is 2.58. The summed E-state index contributed by atoms with van der Waals surface area (Å²) in [5, 5.41) is 10.7. The first kappa shape index (κ1) is 9.79. The van der Waals surface area contributed by atoms with Gasteiger partial charge in [-0.15, -0.1) is 0 Å². The number of rotatable bonds is 2. The molecule has 1 aromatic carbocycles. The third-order valence-corrected chi connectivity index (χ3v) is 2.13. The van der Waals surface area contributed by atoms with Crippen LogP contribution in [-0.4, -0.2) is 10.2 Å². The van der Waals surface area contributed by atoms with Crippen molar-refractivity contribution in [3.05, 3.63) is 28.8 Å². The SMILES string of the molecule is Cc1ccc(Cl)c(Nc2nnc(N)o2)c1. The van der Waals surface area contributed by atoms with Gasteiger partial charge in [-0.05, 0) is 24.6 Å². The summed E-state index contributed by atoms with van der Waals surface area (Å²) in [6.07, 6.45) is 0. The number of halogens is 1. The van der Waals surface area contributed by atoms with E-state index in [9.17, 15) is 0 Å². The van der Waals surface area contributed by atoms with Crippen molar-refractivity contribution in [1.29, 1.82) is 0 Å². The molecule has 1 heterocycles. The molecule has 0 spiro atoms. The highest BCUT2D eigenvalue weighted by Crippen LogP contribution is 2.25. The summed E-state index contributed by atoms with van der Waals surface area (Å²) in [5.74, 6) is 0. The molecular formula is C9H9ClN4O. The third-order valence-electron chi connectivity index (χ3n) is 1.80. The molecule has 2 aromatic rings. The van der Waals surface area contributed by atoms with E-state index in [-0.39, 0.29) is 12.0 Å². The van der Waals surface area contributed by atoms with Crippen LogP contribution >= 0.6 is 11.6 Å². The lowest BCUT2D eigenvalue weighted by Gasteiger charge is -2.04. The summed E-state index contributed by atoms with van der Waals surface area (Å²) in [5.41, 5.74) is 7.07. The summed E-state index contributed by atoms with van der Waals surface area (Å²) < 4.78 is 4.97. The van der Waals surface area contributed by atoms with Crippen LogP contribution in [0.5, 0.6) is 0 Å². The zero-order valence-electron chi connectivity index (χ0n) is 7.99. The van der Waals surface area contributed by atoms with Gasteiger partial charge in [-0.3, -0.25) is 0 Å². The van der Waals surface area contributed by atoms with Crippen LogP contribution in [0.25, 0.3) is 0 Å². The highest BCUT2D eigenvalue weighted by atomic mass is 35.5. The van der Waals surface area contributed by atoms with Crippen molar-refractivity contribution in [2.24, 2.45) is 0 Å². The number of hydrogen-bond donors (Lipinski definition) is 2. The molecule has 0 bridgehead atoms. The second-order valence-electron chi connectivity index (χ2n) is 3.05. The van der Waals surface area contributed by atoms with E-state index >= 15 is 0 Å². The Hall–Kier alpha value is -1.75. The van der Waals surface area contributed by atoms with Gasteiger partial charge >= 0.3 is 12.0 Å². The molecule has 5 nitrogen and oxygen atoms in total. The van der Waals surface area contributed by atoms with Gasteiger partial charge < -0.3 is 15.5 Å². The maximum absolute atomic E-state index is 5.97. The predicted octanol–water partition coefficient (Wildman–Crippen LogP) is 2.36. The molecule has 0 unspecified atom stereocenters. The Balaban J connectivity index is 2.27. The van der Waals surface area contributed by atoms with Crippen LogP contribution in [0.3, 0.4) is 0 Å².